The van der Waals surface area contributed by atoms with Gasteiger partial charge in [0, 0.05) is 6.54 Å². The quantitative estimate of drug-likeness (QED) is 0.801. The fourth-order valence-electron chi connectivity index (χ4n) is 2.44. The van der Waals surface area contributed by atoms with Crippen molar-refractivity contribution in [3.63, 3.8) is 0 Å². The van der Waals surface area contributed by atoms with Gasteiger partial charge in [-0.2, -0.15) is 0 Å². The number of carbonyl (C=O) groups excluding carboxylic acids is 2. The van der Waals surface area contributed by atoms with Crippen LogP contribution in [-0.4, -0.2) is 31.3 Å². The molecule has 1 saturated carbocycles. The minimum atomic E-state index is -0.502. The maximum Gasteiger partial charge on any atom is 0.407 e. The van der Waals surface area contributed by atoms with Gasteiger partial charge in [-0.1, -0.05) is 12.8 Å². The summed E-state index contributed by atoms with van der Waals surface area (Å²) in [6.07, 6.45) is 3.49. The SMILES string of the molecule is COC(=O)[C@H]1CCCC[C@@H]1CNC(=O)OC(C)(C)C. The molecular formula is C14H25NO4. The van der Waals surface area contributed by atoms with Crippen molar-refractivity contribution in [2.24, 2.45) is 11.8 Å². The van der Waals surface area contributed by atoms with Gasteiger partial charge in [-0.15, -0.1) is 0 Å². The topological polar surface area (TPSA) is 64.6 Å². The highest BCUT2D eigenvalue weighted by atomic mass is 16.6. The number of nitrogens with one attached hydrogen (secondary N) is 1. The predicted octanol–water partition coefficient (Wildman–Crippen LogP) is 2.49. The van der Waals surface area contributed by atoms with E-state index in [4.69, 9.17) is 9.47 Å². The first-order valence-electron chi connectivity index (χ1n) is 6.88. The lowest BCUT2D eigenvalue weighted by atomic mass is 9.79. The molecule has 1 rings (SSSR count). The number of hydrogen-bond donors (Lipinski definition) is 1. The number of ether oxygens (including phenoxy) is 2. The zero-order valence-corrected chi connectivity index (χ0v) is 12.3. The van der Waals surface area contributed by atoms with E-state index in [0.717, 1.165) is 25.7 Å². The van der Waals surface area contributed by atoms with Crippen molar-refractivity contribution in [2.45, 2.75) is 52.1 Å². The Hall–Kier alpha value is -1.26. The lowest BCUT2D eigenvalue weighted by Crippen LogP contribution is -2.39. The lowest BCUT2D eigenvalue weighted by molar-refractivity contribution is -0.148. The van der Waals surface area contributed by atoms with Gasteiger partial charge in [0.2, 0.25) is 0 Å². The molecular weight excluding hydrogens is 246 g/mol. The Bertz CT molecular complexity index is 322. The van der Waals surface area contributed by atoms with E-state index in [9.17, 15) is 9.59 Å². The van der Waals surface area contributed by atoms with E-state index in [1.807, 2.05) is 20.8 Å². The summed E-state index contributed by atoms with van der Waals surface area (Å²) in [6.45, 7) is 5.94. The molecule has 1 aliphatic rings. The maximum absolute atomic E-state index is 11.7. The van der Waals surface area contributed by atoms with Crippen LogP contribution in [0.2, 0.25) is 0 Å². The largest absolute Gasteiger partial charge is 0.469 e. The maximum atomic E-state index is 11.7. The van der Waals surface area contributed by atoms with Crippen LogP contribution in [-0.2, 0) is 14.3 Å². The van der Waals surface area contributed by atoms with E-state index >= 15 is 0 Å². The first-order chi connectivity index (χ1) is 8.83. The van der Waals surface area contributed by atoms with Crippen LogP contribution in [0, 0.1) is 11.8 Å². The first kappa shape index (κ1) is 15.8. The minimum Gasteiger partial charge on any atom is -0.469 e. The van der Waals surface area contributed by atoms with Crippen LogP contribution in [0.1, 0.15) is 46.5 Å². The molecule has 1 fully saturated rings. The van der Waals surface area contributed by atoms with Crippen LogP contribution < -0.4 is 5.32 Å². The van der Waals surface area contributed by atoms with Crippen LogP contribution in [0.5, 0.6) is 0 Å². The summed E-state index contributed by atoms with van der Waals surface area (Å²) < 4.78 is 10.0. The second-order valence-electron chi connectivity index (χ2n) is 6.06. The number of carbonyl (C=O) groups is 2. The van der Waals surface area contributed by atoms with Crippen LogP contribution in [0.3, 0.4) is 0 Å². The molecule has 0 aromatic rings. The Morgan fingerprint density at radius 2 is 1.84 bits per heavy atom. The lowest BCUT2D eigenvalue weighted by Gasteiger charge is -2.30. The third kappa shape index (κ3) is 5.49. The molecule has 0 saturated heterocycles. The van der Waals surface area contributed by atoms with Crippen molar-refractivity contribution >= 4 is 12.1 Å². The number of alkyl carbamates (subject to hydrolysis) is 1. The van der Waals surface area contributed by atoms with Crippen LogP contribution in [0.15, 0.2) is 0 Å². The van der Waals surface area contributed by atoms with Gasteiger partial charge in [0.25, 0.3) is 0 Å². The van der Waals surface area contributed by atoms with Crippen molar-refractivity contribution in [1.29, 1.82) is 0 Å². The molecule has 0 unspecified atom stereocenters. The summed E-state index contributed by atoms with van der Waals surface area (Å²) in [5.41, 5.74) is -0.502. The van der Waals surface area contributed by atoms with Gasteiger partial charge < -0.3 is 14.8 Å². The number of hydrogen-bond acceptors (Lipinski definition) is 4. The smallest absolute Gasteiger partial charge is 0.407 e. The zero-order chi connectivity index (χ0) is 14.5. The Balaban J connectivity index is 2.45. The Morgan fingerprint density at radius 1 is 1.21 bits per heavy atom. The Morgan fingerprint density at radius 3 is 2.42 bits per heavy atom. The Labute approximate surface area is 115 Å². The van der Waals surface area contributed by atoms with Crippen molar-refractivity contribution in [2.75, 3.05) is 13.7 Å². The van der Waals surface area contributed by atoms with E-state index in [2.05, 4.69) is 5.32 Å². The summed E-state index contributed by atoms with van der Waals surface area (Å²) in [7, 11) is 1.41. The van der Waals surface area contributed by atoms with E-state index < -0.39 is 11.7 Å². The summed E-state index contributed by atoms with van der Waals surface area (Å²) >= 11 is 0. The number of rotatable bonds is 3. The standard InChI is InChI=1S/C14H25NO4/c1-14(2,3)19-13(17)15-9-10-7-5-6-8-11(10)12(16)18-4/h10-11H,5-9H2,1-4H3,(H,15,17)/t10-,11+/m1/s1. The zero-order valence-electron chi connectivity index (χ0n) is 12.3. The molecule has 0 heterocycles. The summed E-state index contributed by atoms with van der Waals surface area (Å²) in [4.78, 5) is 23.3. The van der Waals surface area contributed by atoms with Crippen LogP contribution in [0.4, 0.5) is 4.79 Å². The highest BCUT2D eigenvalue weighted by Gasteiger charge is 2.32. The Kier molecular flexibility index (Phi) is 5.63. The third-order valence-electron chi connectivity index (χ3n) is 3.32. The van der Waals surface area contributed by atoms with Gasteiger partial charge >= 0.3 is 12.1 Å². The van der Waals surface area contributed by atoms with Crippen molar-refractivity contribution in [1.82, 2.24) is 5.32 Å². The van der Waals surface area contributed by atoms with Gasteiger partial charge in [0.05, 0.1) is 13.0 Å². The second kappa shape index (κ2) is 6.78. The summed E-state index contributed by atoms with van der Waals surface area (Å²) in [5.74, 6) is -0.127. The average molecular weight is 271 g/mol. The summed E-state index contributed by atoms with van der Waals surface area (Å²) in [5, 5.41) is 2.75. The molecule has 0 aromatic carbocycles. The van der Waals surface area contributed by atoms with Crippen LogP contribution >= 0.6 is 0 Å². The fourth-order valence-corrected chi connectivity index (χ4v) is 2.44. The first-order valence-corrected chi connectivity index (χ1v) is 6.88. The minimum absolute atomic E-state index is 0.103. The van der Waals surface area contributed by atoms with Crippen molar-refractivity contribution < 1.29 is 19.1 Å². The molecule has 0 aliphatic heterocycles. The highest BCUT2D eigenvalue weighted by Crippen LogP contribution is 2.30. The third-order valence-corrected chi connectivity index (χ3v) is 3.32. The molecule has 19 heavy (non-hydrogen) atoms. The predicted molar refractivity (Wildman–Crippen MR) is 71.7 cm³/mol. The van der Waals surface area contributed by atoms with Gasteiger partial charge in [-0.05, 0) is 39.5 Å². The molecule has 1 aliphatic carbocycles. The van der Waals surface area contributed by atoms with Crippen molar-refractivity contribution in [3.8, 4) is 0 Å². The van der Waals surface area contributed by atoms with E-state index in [0.29, 0.717) is 6.54 Å². The van der Waals surface area contributed by atoms with E-state index in [-0.39, 0.29) is 17.8 Å². The molecule has 5 heteroatoms. The average Bonchev–Trinajstić information content (AvgIpc) is 2.33. The molecule has 0 aromatic heterocycles. The highest BCUT2D eigenvalue weighted by molar-refractivity contribution is 5.73. The number of esters is 1. The van der Waals surface area contributed by atoms with Gasteiger partial charge in [0.15, 0.2) is 0 Å². The van der Waals surface area contributed by atoms with Crippen molar-refractivity contribution in [3.05, 3.63) is 0 Å². The molecule has 5 nitrogen and oxygen atoms in total. The van der Waals surface area contributed by atoms with Gasteiger partial charge in [0.1, 0.15) is 5.60 Å². The fraction of sp³-hybridized carbons (Fsp3) is 0.857. The molecule has 1 N–H and O–H groups in total. The van der Waals surface area contributed by atoms with Gasteiger partial charge in [-0.25, -0.2) is 4.79 Å². The summed E-state index contributed by atoms with van der Waals surface area (Å²) in [6, 6.07) is 0. The number of methoxy groups -OCH3 is 1. The number of amides is 1. The second-order valence-corrected chi connectivity index (χ2v) is 6.06. The molecule has 1 amide bonds. The molecule has 110 valence electrons. The van der Waals surface area contributed by atoms with E-state index in [1.165, 1.54) is 7.11 Å². The molecule has 0 bridgehead atoms. The molecule has 0 spiro atoms. The van der Waals surface area contributed by atoms with Crippen LogP contribution in [0.25, 0.3) is 0 Å². The monoisotopic (exact) mass is 271 g/mol. The normalized spacial score (nSPS) is 23.6. The van der Waals surface area contributed by atoms with Gasteiger partial charge in [-0.3, -0.25) is 4.79 Å². The molecule has 2 atom stereocenters. The van der Waals surface area contributed by atoms with E-state index in [1.54, 1.807) is 0 Å². The molecule has 0 radical (unpaired) electrons.